The summed E-state index contributed by atoms with van der Waals surface area (Å²) in [6, 6.07) is 7.46. The van der Waals surface area contributed by atoms with Crippen LogP contribution in [0.4, 0.5) is 0 Å². The largest absolute Gasteiger partial charge is 0.497 e. The van der Waals surface area contributed by atoms with Gasteiger partial charge < -0.3 is 9.47 Å². The van der Waals surface area contributed by atoms with Gasteiger partial charge in [-0.05, 0) is 38.5 Å². The molecule has 0 heterocycles. The maximum atomic E-state index is 11.8. The Morgan fingerprint density at radius 2 is 1.81 bits per heavy atom. The molecule has 0 aromatic heterocycles. The van der Waals surface area contributed by atoms with Gasteiger partial charge in [0.15, 0.2) is 0 Å². The highest BCUT2D eigenvalue weighted by atomic mass is 16.5. The van der Waals surface area contributed by atoms with E-state index in [-0.39, 0.29) is 5.97 Å². The van der Waals surface area contributed by atoms with Crippen LogP contribution < -0.4 is 4.74 Å². The number of carbonyl (C=O) groups is 1. The molecule has 0 unspecified atom stereocenters. The minimum absolute atomic E-state index is 0.208. The summed E-state index contributed by atoms with van der Waals surface area (Å²) in [6.07, 6.45) is 0. The van der Waals surface area contributed by atoms with Crippen molar-refractivity contribution < 1.29 is 14.3 Å². The van der Waals surface area contributed by atoms with Gasteiger partial charge in [-0.1, -0.05) is 12.1 Å². The lowest BCUT2D eigenvalue weighted by Gasteiger charge is -2.22. The van der Waals surface area contributed by atoms with Crippen LogP contribution in [-0.2, 0) is 14.9 Å². The van der Waals surface area contributed by atoms with Gasteiger partial charge in [0.05, 0.1) is 19.1 Å². The molecular weight excluding hydrogens is 204 g/mol. The van der Waals surface area contributed by atoms with Crippen LogP contribution in [0.3, 0.4) is 0 Å². The minimum atomic E-state index is -0.623. The first-order valence-corrected chi connectivity index (χ1v) is 5.34. The molecule has 16 heavy (non-hydrogen) atoms. The molecule has 0 atom stereocenters. The third kappa shape index (κ3) is 2.54. The topological polar surface area (TPSA) is 35.5 Å². The summed E-state index contributed by atoms with van der Waals surface area (Å²) in [4.78, 5) is 11.8. The highest BCUT2D eigenvalue weighted by Crippen LogP contribution is 2.26. The van der Waals surface area contributed by atoms with E-state index in [4.69, 9.17) is 9.47 Å². The van der Waals surface area contributed by atoms with Gasteiger partial charge in [0.25, 0.3) is 0 Å². The Balaban J connectivity index is 2.93. The molecule has 0 aliphatic carbocycles. The molecule has 0 N–H and O–H groups in total. The van der Waals surface area contributed by atoms with E-state index in [1.807, 2.05) is 45.0 Å². The van der Waals surface area contributed by atoms with Crippen LogP contribution in [0, 0.1) is 0 Å². The summed E-state index contributed by atoms with van der Waals surface area (Å²) in [5.74, 6) is 0.573. The first-order valence-electron chi connectivity index (χ1n) is 5.34. The van der Waals surface area contributed by atoms with E-state index < -0.39 is 5.41 Å². The van der Waals surface area contributed by atoms with Crippen LogP contribution in [0.15, 0.2) is 24.3 Å². The molecule has 1 aromatic carbocycles. The Bertz CT molecular complexity index is 352. The van der Waals surface area contributed by atoms with E-state index in [0.29, 0.717) is 6.61 Å². The van der Waals surface area contributed by atoms with Gasteiger partial charge in [-0.15, -0.1) is 0 Å². The minimum Gasteiger partial charge on any atom is -0.497 e. The summed E-state index contributed by atoms with van der Waals surface area (Å²) >= 11 is 0. The van der Waals surface area contributed by atoms with E-state index >= 15 is 0 Å². The summed E-state index contributed by atoms with van der Waals surface area (Å²) in [6.45, 7) is 5.92. The average molecular weight is 222 g/mol. The lowest BCUT2D eigenvalue weighted by molar-refractivity contribution is -0.148. The zero-order valence-electron chi connectivity index (χ0n) is 10.2. The first-order chi connectivity index (χ1) is 7.52. The number of esters is 1. The second-order valence-electron chi connectivity index (χ2n) is 4.07. The van der Waals surface area contributed by atoms with Crippen LogP contribution in [0.2, 0.25) is 0 Å². The zero-order valence-corrected chi connectivity index (χ0v) is 10.2. The van der Waals surface area contributed by atoms with E-state index in [0.717, 1.165) is 11.3 Å². The molecule has 0 bridgehead atoms. The number of hydrogen-bond acceptors (Lipinski definition) is 3. The lowest BCUT2D eigenvalue weighted by atomic mass is 9.85. The number of carbonyl (C=O) groups excluding carboxylic acids is 1. The highest BCUT2D eigenvalue weighted by molar-refractivity contribution is 5.82. The van der Waals surface area contributed by atoms with Gasteiger partial charge in [0.1, 0.15) is 5.75 Å². The predicted molar refractivity (Wildman–Crippen MR) is 62.7 cm³/mol. The van der Waals surface area contributed by atoms with Crippen molar-refractivity contribution in [2.45, 2.75) is 26.2 Å². The molecule has 0 aliphatic heterocycles. The van der Waals surface area contributed by atoms with Crippen molar-refractivity contribution in [3.05, 3.63) is 29.8 Å². The fourth-order valence-corrected chi connectivity index (χ4v) is 1.44. The SMILES string of the molecule is CCOC(=O)C(C)(C)c1ccc(OC)cc1. The summed E-state index contributed by atoms with van der Waals surface area (Å²) in [7, 11) is 1.62. The summed E-state index contributed by atoms with van der Waals surface area (Å²) in [5.41, 5.74) is 0.300. The van der Waals surface area contributed by atoms with Crippen molar-refractivity contribution in [2.75, 3.05) is 13.7 Å². The fraction of sp³-hybridized carbons (Fsp3) is 0.462. The van der Waals surface area contributed by atoms with Gasteiger partial charge in [-0.2, -0.15) is 0 Å². The molecule has 3 heteroatoms. The molecule has 1 rings (SSSR count). The number of methoxy groups -OCH3 is 1. The number of ether oxygens (including phenoxy) is 2. The average Bonchev–Trinajstić information content (AvgIpc) is 2.29. The normalized spacial score (nSPS) is 11.0. The molecule has 0 aliphatic rings. The Hall–Kier alpha value is -1.51. The van der Waals surface area contributed by atoms with Gasteiger partial charge in [-0.3, -0.25) is 4.79 Å². The molecule has 1 aromatic rings. The standard InChI is InChI=1S/C13H18O3/c1-5-16-12(14)13(2,3)10-6-8-11(15-4)9-7-10/h6-9H,5H2,1-4H3. The second-order valence-corrected chi connectivity index (χ2v) is 4.07. The van der Waals surface area contributed by atoms with E-state index in [2.05, 4.69) is 0 Å². The molecule has 0 spiro atoms. The van der Waals surface area contributed by atoms with E-state index in [9.17, 15) is 4.79 Å². The van der Waals surface area contributed by atoms with Crippen molar-refractivity contribution in [2.24, 2.45) is 0 Å². The second kappa shape index (κ2) is 5.01. The van der Waals surface area contributed by atoms with Crippen molar-refractivity contribution in [1.82, 2.24) is 0 Å². The Morgan fingerprint density at radius 3 is 2.25 bits per heavy atom. The van der Waals surface area contributed by atoms with E-state index in [1.165, 1.54) is 0 Å². The summed E-state index contributed by atoms with van der Waals surface area (Å²) < 4.78 is 10.1. The molecular formula is C13H18O3. The van der Waals surface area contributed by atoms with Crippen LogP contribution in [0.5, 0.6) is 5.75 Å². The zero-order chi connectivity index (χ0) is 12.2. The molecule has 88 valence electrons. The Morgan fingerprint density at radius 1 is 1.25 bits per heavy atom. The number of benzene rings is 1. The molecule has 0 amide bonds. The molecule has 0 saturated carbocycles. The molecule has 3 nitrogen and oxygen atoms in total. The van der Waals surface area contributed by atoms with Gasteiger partial charge >= 0.3 is 5.97 Å². The van der Waals surface area contributed by atoms with Crippen molar-refractivity contribution >= 4 is 5.97 Å². The maximum Gasteiger partial charge on any atom is 0.315 e. The Kier molecular flexibility index (Phi) is 3.93. The van der Waals surface area contributed by atoms with Crippen molar-refractivity contribution in [3.8, 4) is 5.75 Å². The van der Waals surface area contributed by atoms with Crippen molar-refractivity contribution in [1.29, 1.82) is 0 Å². The summed E-state index contributed by atoms with van der Waals surface area (Å²) in [5, 5.41) is 0. The van der Waals surface area contributed by atoms with Crippen molar-refractivity contribution in [3.63, 3.8) is 0 Å². The predicted octanol–water partition coefficient (Wildman–Crippen LogP) is 2.54. The monoisotopic (exact) mass is 222 g/mol. The molecule has 0 fully saturated rings. The smallest absolute Gasteiger partial charge is 0.315 e. The quantitative estimate of drug-likeness (QED) is 0.734. The molecule has 0 saturated heterocycles. The third-order valence-corrected chi connectivity index (χ3v) is 2.60. The van der Waals surface area contributed by atoms with Gasteiger partial charge in [0.2, 0.25) is 0 Å². The lowest BCUT2D eigenvalue weighted by Crippen LogP contribution is -2.31. The number of hydrogen-bond donors (Lipinski definition) is 0. The number of rotatable bonds is 4. The third-order valence-electron chi connectivity index (χ3n) is 2.60. The fourth-order valence-electron chi connectivity index (χ4n) is 1.44. The van der Waals surface area contributed by atoms with Crippen LogP contribution >= 0.6 is 0 Å². The van der Waals surface area contributed by atoms with Gasteiger partial charge in [-0.25, -0.2) is 0 Å². The van der Waals surface area contributed by atoms with Crippen LogP contribution in [0.1, 0.15) is 26.3 Å². The van der Waals surface area contributed by atoms with Gasteiger partial charge in [0, 0.05) is 0 Å². The van der Waals surface area contributed by atoms with E-state index in [1.54, 1.807) is 7.11 Å². The van der Waals surface area contributed by atoms with Crippen LogP contribution in [0.25, 0.3) is 0 Å². The Labute approximate surface area is 96.4 Å². The molecule has 0 radical (unpaired) electrons. The first kappa shape index (κ1) is 12.6. The highest BCUT2D eigenvalue weighted by Gasteiger charge is 2.31. The maximum absolute atomic E-state index is 11.8. The van der Waals surface area contributed by atoms with Crippen LogP contribution in [-0.4, -0.2) is 19.7 Å².